The van der Waals surface area contributed by atoms with Crippen LogP contribution in [-0.2, 0) is 6.54 Å². The van der Waals surface area contributed by atoms with Crippen molar-refractivity contribution in [1.29, 1.82) is 0 Å². The number of nitrogens with zero attached hydrogens (tertiary/aromatic N) is 2. The van der Waals surface area contributed by atoms with E-state index in [0.717, 1.165) is 27.9 Å². The van der Waals surface area contributed by atoms with Crippen LogP contribution >= 0.6 is 0 Å². The molecule has 4 nitrogen and oxygen atoms in total. The van der Waals surface area contributed by atoms with Crippen molar-refractivity contribution < 1.29 is 9.50 Å². The molecule has 0 radical (unpaired) electrons. The van der Waals surface area contributed by atoms with Crippen LogP contribution in [0.5, 0.6) is 5.88 Å². The van der Waals surface area contributed by atoms with E-state index >= 15 is 0 Å². The molecule has 2 heterocycles. The van der Waals surface area contributed by atoms with Crippen LogP contribution in [-0.4, -0.2) is 15.1 Å². The van der Waals surface area contributed by atoms with Gasteiger partial charge in [0.15, 0.2) is 0 Å². The van der Waals surface area contributed by atoms with E-state index in [1.165, 1.54) is 12.3 Å². The van der Waals surface area contributed by atoms with Crippen LogP contribution in [0, 0.1) is 5.82 Å². The number of halogens is 1. The van der Waals surface area contributed by atoms with Crippen LogP contribution in [0.25, 0.3) is 44.4 Å². The van der Waals surface area contributed by atoms with Crippen LogP contribution in [0.4, 0.5) is 4.39 Å². The minimum Gasteiger partial charge on any atom is -0.493 e. The maximum atomic E-state index is 14.6. The topological polar surface area (TPSA) is 72.0 Å². The van der Waals surface area contributed by atoms with Crippen molar-refractivity contribution in [2.45, 2.75) is 6.54 Å². The molecule has 0 spiro atoms. The van der Waals surface area contributed by atoms with Crippen LogP contribution in [0.15, 0.2) is 91.1 Å². The SMILES string of the molecule is NCc1ccc(-c2nc3c(-c4ccccc4F)cnc(O)c3cc2-c2ccccc2)cc1. The van der Waals surface area contributed by atoms with E-state index in [1.54, 1.807) is 18.2 Å². The molecule has 32 heavy (non-hydrogen) atoms. The smallest absolute Gasteiger partial charge is 0.220 e. The van der Waals surface area contributed by atoms with Crippen molar-refractivity contribution >= 4 is 10.9 Å². The van der Waals surface area contributed by atoms with Crippen molar-refractivity contribution in [2.75, 3.05) is 0 Å². The lowest BCUT2D eigenvalue weighted by Gasteiger charge is -2.15. The molecule has 3 aromatic carbocycles. The number of aromatic hydroxyl groups is 1. The number of fused-ring (bicyclic) bond motifs is 1. The van der Waals surface area contributed by atoms with Gasteiger partial charge in [0.1, 0.15) is 5.82 Å². The first-order chi connectivity index (χ1) is 15.7. The van der Waals surface area contributed by atoms with Crippen molar-refractivity contribution in [3.8, 4) is 39.4 Å². The molecule has 0 aliphatic carbocycles. The predicted octanol–water partition coefficient (Wildman–Crippen LogP) is 5.93. The summed E-state index contributed by atoms with van der Waals surface area (Å²) in [6.45, 7) is 0.452. The molecule has 0 unspecified atom stereocenters. The Hall–Kier alpha value is -4.09. The maximum Gasteiger partial charge on any atom is 0.220 e. The van der Waals surface area contributed by atoms with E-state index < -0.39 is 0 Å². The number of nitrogens with two attached hydrogens (primary N) is 1. The fourth-order valence-corrected chi connectivity index (χ4v) is 3.88. The highest BCUT2D eigenvalue weighted by atomic mass is 19.1. The second-order valence-electron chi connectivity index (χ2n) is 7.52. The van der Waals surface area contributed by atoms with Gasteiger partial charge >= 0.3 is 0 Å². The third kappa shape index (κ3) is 3.49. The Bertz CT molecular complexity index is 1420. The van der Waals surface area contributed by atoms with Crippen molar-refractivity contribution in [2.24, 2.45) is 5.73 Å². The largest absolute Gasteiger partial charge is 0.493 e. The van der Waals surface area contributed by atoms with Gasteiger partial charge in [-0.1, -0.05) is 72.8 Å². The summed E-state index contributed by atoms with van der Waals surface area (Å²) in [6.07, 6.45) is 1.46. The van der Waals surface area contributed by atoms with Crippen molar-refractivity contribution in [1.82, 2.24) is 9.97 Å². The number of hydrogen-bond donors (Lipinski definition) is 2. The highest BCUT2D eigenvalue weighted by Gasteiger charge is 2.18. The van der Waals surface area contributed by atoms with E-state index in [4.69, 9.17) is 10.7 Å². The van der Waals surface area contributed by atoms with Crippen LogP contribution in [0.3, 0.4) is 0 Å². The molecule has 156 valence electrons. The van der Waals surface area contributed by atoms with Crippen molar-refractivity contribution in [3.63, 3.8) is 0 Å². The van der Waals surface area contributed by atoms with E-state index in [9.17, 15) is 9.50 Å². The Morgan fingerprint density at radius 2 is 1.50 bits per heavy atom. The van der Waals surface area contributed by atoms with Crippen LogP contribution in [0.1, 0.15) is 5.56 Å². The highest BCUT2D eigenvalue weighted by Crippen LogP contribution is 2.39. The molecular formula is C27H20FN3O. The van der Waals surface area contributed by atoms with Gasteiger partial charge in [0, 0.05) is 35.0 Å². The van der Waals surface area contributed by atoms with E-state index in [-0.39, 0.29) is 11.7 Å². The average molecular weight is 421 g/mol. The Kier molecular flexibility index (Phi) is 5.09. The summed E-state index contributed by atoms with van der Waals surface area (Å²) < 4.78 is 14.6. The van der Waals surface area contributed by atoms with Gasteiger partial charge in [-0.3, -0.25) is 0 Å². The minimum atomic E-state index is -0.371. The summed E-state index contributed by atoms with van der Waals surface area (Å²) in [7, 11) is 0. The minimum absolute atomic E-state index is 0.144. The van der Waals surface area contributed by atoms with Gasteiger partial charge in [-0.15, -0.1) is 0 Å². The van der Waals surface area contributed by atoms with Crippen LogP contribution in [0.2, 0.25) is 0 Å². The molecule has 5 rings (SSSR count). The first kappa shape index (κ1) is 19.8. The number of benzene rings is 3. The summed E-state index contributed by atoms with van der Waals surface area (Å²) in [5.74, 6) is -0.515. The number of rotatable bonds is 4. The molecule has 0 aliphatic heterocycles. The fraction of sp³-hybridized carbons (Fsp3) is 0.0370. The molecule has 0 atom stereocenters. The Morgan fingerprint density at radius 1 is 0.781 bits per heavy atom. The van der Waals surface area contributed by atoms with E-state index in [0.29, 0.717) is 28.6 Å². The lowest BCUT2D eigenvalue weighted by Crippen LogP contribution is -1.97. The zero-order valence-electron chi connectivity index (χ0n) is 17.2. The molecule has 3 N–H and O–H groups in total. The van der Waals surface area contributed by atoms with Gasteiger partial charge in [0.25, 0.3) is 0 Å². The molecule has 0 saturated heterocycles. The van der Waals surface area contributed by atoms with Gasteiger partial charge < -0.3 is 10.8 Å². The first-order valence-corrected chi connectivity index (χ1v) is 10.3. The molecule has 0 saturated carbocycles. The third-order valence-corrected chi connectivity index (χ3v) is 5.55. The molecule has 0 bridgehead atoms. The molecule has 5 aromatic rings. The van der Waals surface area contributed by atoms with Gasteiger partial charge in [-0.05, 0) is 23.3 Å². The maximum absolute atomic E-state index is 14.6. The summed E-state index contributed by atoms with van der Waals surface area (Å²) in [5, 5.41) is 11.0. The fourth-order valence-electron chi connectivity index (χ4n) is 3.88. The average Bonchev–Trinajstić information content (AvgIpc) is 2.85. The van der Waals surface area contributed by atoms with Crippen molar-refractivity contribution in [3.05, 3.63) is 103 Å². The van der Waals surface area contributed by atoms with E-state index in [2.05, 4.69) is 4.98 Å². The summed E-state index contributed by atoms with van der Waals surface area (Å²) in [4.78, 5) is 9.08. The molecule has 0 amide bonds. The van der Waals surface area contributed by atoms with Gasteiger partial charge in [0.2, 0.25) is 5.88 Å². The zero-order chi connectivity index (χ0) is 22.1. The quantitative estimate of drug-likeness (QED) is 0.377. The molecule has 2 aromatic heterocycles. The molecule has 0 fully saturated rings. The monoisotopic (exact) mass is 421 g/mol. The second-order valence-corrected chi connectivity index (χ2v) is 7.52. The predicted molar refractivity (Wildman–Crippen MR) is 125 cm³/mol. The number of aromatic nitrogens is 2. The zero-order valence-corrected chi connectivity index (χ0v) is 17.2. The van der Waals surface area contributed by atoms with E-state index in [1.807, 2.05) is 60.7 Å². The Labute approximate surface area is 184 Å². The molecular weight excluding hydrogens is 401 g/mol. The normalized spacial score (nSPS) is 11.1. The molecule has 0 aliphatic rings. The molecule has 5 heteroatoms. The second kappa shape index (κ2) is 8.21. The highest BCUT2D eigenvalue weighted by molar-refractivity contribution is 6.00. The van der Waals surface area contributed by atoms with Gasteiger partial charge in [-0.25, -0.2) is 14.4 Å². The Balaban J connectivity index is 1.85. The van der Waals surface area contributed by atoms with Gasteiger partial charge in [-0.2, -0.15) is 0 Å². The lowest BCUT2D eigenvalue weighted by molar-refractivity contribution is 0.460. The lowest BCUT2D eigenvalue weighted by atomic mass is 9.95. The summed E-state index contributed by atoms with van der Waals surface area (Å²) in [5.41, 5.74) is 11.6. The standard InChI is InChI=1S/C27H20FN3O/c28-24-9-5-4-8-20(24)23-16-30-27(32)22-14-21(18-6-2-1-3-7-18)25(31-26(22)23)19-12-10-17(15-29)11-13-19/h1-14,16H,15,29H2,(H,30,32). The van der Waals surface area contributed by atoms with Crippen LogP contribution < -0.4 is 5.73 Å². The Morgan fingerprint density at radius 3 is 2.22 bits per heavy atom. The first-order valence-electron chi connectivity index (χ1n) is 10.3. The summed E-state index contributed by atoms with van der Waals surface area (Å²) in [6, 6.07) is 26.1. The van der Waals surface area contributed by atoms with Gasteiger partial charge in [0.05, 0.1) is 16.6 Å². The number of pyridine rings is 2. The number of hydrogen-bond acceptors (Lipinski definition) is 4. The summed E-state index contributed by atoms with van der Waals surface area (Å²) >= 11 is 0. The third-order valence-electron chi connectivity index (χ3n) is 5.55.